The predicted molar refractivity (Wildman–Crippen MR) is 65.3 cm³/mol. The third kappa shape index (κ3) is 2.24. The highest BCUT2D eigenvalue weighted by Gasteiger charge is 2.12. The van der Waals surface area contributed by atoms with Crippen LogP contribution in [0.3, 0.4) is 0 Å². The zero-order valence-corrected chi connectivity index (χ0v) is 9.98. The molecule has 0 bridgehead atoms. The number of hydrogen-bond donors (Lipinski definition) is 1. The van der Waals surface area contributed by atoms with Crippen LogP contribution in [0.4, 0.5) is 4.39 Å². The zero-order chi connectivity index (χ0) is 11.5. The van der Waals surface area contributed by atoms with Gasteiger partial charge < -0.3 is 5.73 Å². The molecule has 0 aliphatic rings. The van der Waals surface area contributed by atoms with E-state index in [1.54, 1.807) is 18.2 Å². The highest BCUT2D eigenvalue weighted by molar-refractivity contribution is 7.19. The van der Waals surface area contributed by atoms with Crippen LogP contribution in [0.2, 0.25) is 4.34 Å². The summed E-state index contributed by atoms with van der Waals surface area (Å²) in [5.74, 6) is -0.285. The molecule has 2 N–H and O–H groups in total. The highest BCUT2D eigenvalue weighted by Crippen LogP contribution is 2.32. The number of thiazole rings is 1. The summed E-state index contributed by atoms with van der Waals surface area (Å²) < 4.78 is 14.1. The van der Waals surface area contributed by atoms with Gasteiger partial charge in [0.05, 0.1) is 5.69 Å². The van der Waals surface area contributed by atoms with Gasteiger partial charge in [-0.3, -0.25) is 0 Å². The lowest BCUT2D eigenvalue weighted by Crippen LogP contribution is -2.03. The van der Waals surface area contributed by atoms with E-state index in [-0.39, 0.29) is 5.82 Å². The van der Waals surface area contributed by atoms with Crippen LogP contribution >= 0.6 is 22.9 Å². The van der Waals surface area contributed by atoms with E-state index in [4.69, 9.17) is 17.3 Å². The second-order valence-corrected chi connectivity index (χ2v) is 4.86. The quantitative estimate of drug-likeness (QED) is 0.917. The van der Waals surface area contributed by atoms with Crippen molar-refractivity contribution >= 4 is 22.9 Å². The largest absolute Gasteiger partial charge is 0.330 e. The van der Waals surface area contributed by atoms with Crippen LogP contribution in [-0.2, 0) is 6.42 Å². The Bertz CT molecular complexity index is 498. The zero-order valence-electron chi connectivity index (χ0n) is 8.41. The third-order valence-corrected chi connectivity index (χ3v) is 3.50. The number of hydrogen-bond acceptors (Lipinski definition) is 3. The third-order valence-electron chi connectivity index (χ3n) is 2.14. The maximum absolute atomic E-state index is 13.5. The molecule has 0 saturated heterocycles. The van der Waals surface area contributed by atoms with Crippen LogP contribution in [0, 0.1) is 5.82 Å². The van der Waals surface area contributed by atoms with E-state index in [9.17, 15) is 4.39 Å². The molecule has 0 amide bonds. The predicted octanol–water partition coefficient (Wildman–Crippen LogP) is 3.10. The lowest BCUT2D eigenvalue weighted by atomic mass is 10.2. The molecule has 1 aromatic carbocycles. The van der Waals surface area contributed by atoms with Crippen molar-refractivity contribution in [1.82, 2.24) is 4.98 Å². The minimum Gasteiger partial charge on any atom is -0.330 e. The molecule has 0 aliphatic heterocycles. The fraction of sp³-hybridized carbons (Fsp3) is 0.182. The molecule has 1 heterocycles. The average molecular weight is 257 g/mol. The van der Waals surface area contributed by atoms with Crippen molar-refractivity contribution < 1.29 is 4.39 Å². The first-order valence-electron chi connectivity index (χ1n) is 4.82. The molecule has 0 unspecified atom stereocenters. The fourth-order valence-corrected chi connectivity index (χ4v) is 2.60. The number of aromatic nitrogens is 1. The number of nitrogens with zero attached hydrogens (tertiary/aromatic N) is 1. The standard InChI is InChI=1S/C11H10ClFN2S/c12-10-9(5-6-14)15-11(16-10)7-3-1-2-4-8(7)13/h1-4H,5-6,14H2. The van der Waals surface area contributed by atoms with Gasteiger partial charge in [-0.15, -0.1) is 11.3 Å². The average Bonchev–Trinajstić information content (AvgIpc) is 2.61. The Hall–Kier alpha value is -0.970. The monoisotopic (exact) mass is 256 g/mol. The molecule has 0 aliphatic carbocycles. The lowest BCUT2D eigenvalue weighted by molar-refractivity contribution is 0.631. The second-order valence-electron chi connectivity index (χ2n) is 3.26. The van der Waals surface area contributed by atoms with E-state index in [1.165, 1.54) is 17.4 Å². The topological polar surface area (TPSA) is 38.9 Å². The van der Waals surface area contributed by atoms with Gasteiger partial charge in [-0.2, -0.15) is 0 Å². The first kappa shape index (κ1) is 11.5. The van der Waals surface area contributed by atoms with Crippen LogP contribution in [-0.4, -0.2) is 11.5 Å². The van der Waals surface area contributed by atoms with Crippen molar-refractivity contribution in [2.45, 2.75) is 6.42 Å². The lowest BCUT2D eigenvalue weighted by Gasteiger charge is -1.96. The maximum Gasteiger partial charge on any atom is 0.133 e. The SMILES string of the molecule is NCCc1nc(-c2ccccc2F)sc1Cl. The summed E-state index contributed by atoms with van der Waals surface area (Å²) >= 11 is 7.28. The summed E-state index contributed by atoms with van der Waals surface area (Å²) in [6.45, 7) is 0.486. The van der Waals surface area contributed by atoms with Gasteiger partial charge in [-0.1, -0.05) is 23.7 Å². The Kier molecular flexibility index (Phi) is 3.53. The van der Waals surface area contributed by atoms with Gasteiger partial charge in [0, 0.05) is 12.0 Å². The maximum atomic E-state index is 13.5. The molecule has 0 spiro atoms. The summed E-state index contributed by atoms with van der Waals surface area (Å²) in [7, 11) is 0. The van der Waals surface area contributed by atoms with Crippen LogP contribution in [0.25, 0.3) is 10.6 Å². The van der Waals surface area contributed by atoms with E-state index < -0.39 is 0 Å². The molecule has 0 saturated carbocycles. The smallest absolute Gasteiger partial charge is 0.133 e. The van der Waals surface area contributed by atoms with Crippen molar-refractivity contribution in [3.63, 3.8) is 0 Å². The van der Waals surface area contributed by atoms with E-state index in [0.717, 1.165) is 5.69 Å². The minimum absolute atomic E-state index is 0.285. The molecule has 16 heavy (non-hydrogen) atoms. The Labute approximate surface area is 102 Å². The van der Waals surface area contributed by atoms with Gasteiger partial charge in [0.15, 0.2) is 0 Å². The Morgan fingerprint density at radius 2 is 2.12 bits per heavy atom. The van der Waals surface area contributed by atoms with E-state index >= 15 is 0 Å². The van der Waals surface area contributed by atoms with Gasteiger partial charge in [-0.05, 0) is 18.7 Å². The molecule has 0 radical (unpaired) electrons. The molecule has 84 valence electrons. The first-order chi connectivity index (χ1) is 7.72. The van der Waals surface area contributed by atoms with Crippen molar-refractivity contribution in [3.05, 3.63) is 40.1 Å². The van der Waals surface area contributed by atoms with E-state index in [2.05, 4.69) is 4.98 Å². The normalized spacial score (nSPS) is 10.7. The molecule has 5 heteroatoms. The van der Waals surface area contributed by atoms with E-state index in [1.807, 2.05) is 0 Å². The number of halogens is 2. The molecule has 0 fully saturated rings. The van der Waals surface area contributed by atoms with E-state index in [0.29, 0.717) is 27.9 Å². The van der Waals surface area contributed by atoms with Gasteiger partial charge >= 0.3 is 0 Å². The number of rotatable bonds is 3. The van der Waals surface area contributed by atoms with Crippen LogP contribution in [0.5, 0.6) is 0 Å². The molecule has 2 rings (SSSR count). The molecule has 2 aromatic rings. The van der Waals surface area contributed by atoms with Crippen LogP contribution < -0.4 is 5.73 Å². The second kappa shape index (κ2) is 4.91. The van der Waals surface area contributed by atoms with Crippen molar-refractivity contribution in [2.75, 3.05) is 6.54 Å². The van der Waals surface area contributed by atoms with Crippen molar-refractivity contribution in [2.24, 2.45) is 5.73 Å². The van der Waals surface area contributed by atoms with Crippen LogP contribution in [0.1, 0.15) is 5.69 Å². The summed E-state index contributed by atoms with van der Waals surface area (Å²) in [5, 5.41) is 0.603. The molecule has 2 nitrogen and oxygen atoms in total. The Morgan fingerprint density at radius 1 is 1.38 bits per heavy atom. The summed E-state index contributed by atoms with van der Waals surface area (Å²) in [5.41, 5.74) is 6.67. The molecule has 0 atom stereocenters. The van der Waals surface area contributed by atoms with Gasteiger partial charge in [-0.25, -0.2) is 9.37 Å². The number of benzene rings is 1. The summed E-state index contributed by atoms with van der Waals surface area (Å²) in [4.78, 5) is 4.30. The number of nitrogens with two attached hydrogens (primary N) is 1. The Balaban J connectivity index is 2.42. The first-order valence-corrected chi connectivity index (χ1v) is 6.02. The fourth-order valence-electron chi connectivity index (χ4n) is 1.37. The molecule has 1 aromatic heterocycles. The summed E-state index contributed by atoms with van der Waals surface area (Å²) in [6.07, 6.45) is 0.615. The molecular weight excluding hydrogens is 247 g/mol. The van der Waals surface area contributed by atoms with Gasteiger partial charge in [0.2, 0.25) is 0 Å². The van der Waals surface area contributed by atoms with Gasteiger partial charge in [0.1, 0.15) is 15.2 Å². The Morgan fingerprint density at radius 3 is 2.81 bits per heavy atom. The highest BCUT2D eigenvalue weighted by atomic mass is 35.5. The van der Waals surface area contributed by atoms with Crippen molar-refractivity contribution in [1.29, 1.82) is 0 Å². The summed E-state index contributed by atoms with van der Waals surface area (Å²) in [6, 6.07) is 6.52. The van der Waals surface area contributed by atoms with Crippen molar-refractivity contribution in [3.8, 4) is 10.6 Å². The van der Waals surface area contributed by atoms with Crippen LogP contribution in [0.15, 0.2) is 24.3 Å². The molecular formula is C11H10ClFN2S. The van der Waals surface area contributed by atoms with Gasteiger partial charge in [0.25, 0.3) is 0 Å². The minimum atomic E-state index is -0.285.